The summed E-state index contributed by atoms with van der Waals surface area (Å²) in [4.78, 5) is 7.41. The Morgan fingerprint density at radius 2 is 0.842 bits per heavy atom. The van der Waals surface area contributed by atoms with Crippen LogP contribution in [0.1, 0.15) is 48.2 Å². The van der Waals surface area contributed by atoms with E-state index in [-0.39, 0.29) is 0 Å². The van der Waals surface area contributed by atoms with Gasteiger partial charge in [-0.25, -0.2) is 0 Å². The third kappa shape index (κ3) is 4.35. The molecule has 1 aliphatic rings. The average Bonchev–Trinajstić information content (AvgIpc) is 3.54. The number of fused-ring (bicyclic) bond motifs is 8. The number of aromatic nitrogens is 2. The van der Waals surface area contributed by atoms with Gasteiger partial charge >= 0.3 is 0 Å². The molecule has 4 aromatic carbocycles. The molecule has 0 amide bonds. The number of unbranched alkanes of at least 4 members (excludes halogenated alkanes) is 2. The van der Waals surface area contributed by atoms with Gasteiger partial charge in [0.25, 0.3) is 0 Å². The van der Waals surface area contributed by atoms with E-state index in [2.05, 4.69) is 107 Å². The molecule has 38 heavy (non-hydrogen) atoms. The van der Waals surface area contributed by atoms with Gasteiger partial charge in [-0.1, -0.05) is 72.8 Å². The zero-order chi connectivity index (χ0) is 25.3. The number of H-pyrrole nitrogens is 2. The van der Waals surface area contributed by atoms with Crippen LogP contribution >= 0.6 is 0 Å². The van der Waals surface area contributed by atoms with Crippen molar-refractivity contribution in [3.05, 3.63) is 120 Å². The van der Waals surface area contributed by atoms with Gasteiger partial charge < -0.3 is 9.97 Å². The summed E-state index contributed by atoms with van der Waals surface area (Å²) in [6, 6.07) is 35.7. The Labute approximate surface area is 224 Å². The SMILES string of the molecule is c1ccc(CCCCc2cc3c4c(ccc3[nH]2)-c2c-4ccc3[nH]c(CCCCc4ccccc4)cc23)cc1. The summed E-state index contributed by atoms with van der Waals surface area (Å²) in [7, 11) is 0. The second-order valence-corrected chi connectivity index (χ2v) is 10.9. The molecule has 7 rings (SSSR count). The fourth-order valence-electron chi connectivity index (χ4n) is 6.31. The van der Waals surface area contributed by atoms with Crippen LogP contribution in [0.15, 0.2) is 97.1 Å². The van der Waals surface area contributed by atoms with E-state index in [1.54, 1.807) is 0 Å². The maximum atomic E-state index is 3.70. The molecular formula is C36H34N2. The van der Waals surface area contributed by atoms with Gasteiger partial charge in [-0.15, -0.1) is 0 Å². The Bertz CT molecular complexity index is 1560. The minimum atomic E-state index is 1.10. The molecule has 2 heterocycles. The number of benzene rings is 4. The van der Waals surface area contributed by atoms with E-state index < -0.39 is 0 Å². The minimum Gasteiger partial charge on any atom is -0.358 e. The van der Waals surface area contributed by atoms with Crippen molar-refractivity contribution in [3.8, 4) is 22.3 Å². The second kappa shape index (κ2) is 10.0. The van der Waals surface area contributed by atoms with Crippen LogP contribution in [0.3, 0.4) is 0 Å². The number of rotatable bonds is 10. The number of aromatic amines is 2. The van der Waals surface area contributed by atoms with E-state index in [1.165, 1.54) is 92.3 Å². The topological polar surface area (TPSA) is 31.6 Å². The van der Waals surface area contributed by atoms with Gasteiger partial charge in [0.15, 0.2) is 0 Å². The third-order valence-corrected chi connectivity index (χ3v) is 8.27. The van der Waals surface area contributed by atoms with Crippen LogP contribution in [0.25, 0.3) is 44.1 Å². The van der Waals surface area contributed by atoms with Crippen LogP contribution in [0, 0.1) is 0 Å². The normalized spacial score (nSPS) is 12.0. The summed E-state index contributed by atoms with van der Waals surface area (Å²) in [6.07, 6.45) is 9.39. The molecule has 2 aromatic heterocycles. The molecule has 0 saturated heterocycles. The van der Waals surface area contributed by atoms with Gasteiger partial charge in [-0.05, 0) is 109 Å². The molecule has 2 heteroatoms. The molecule has 1 aliphatic carbocycles. The second-order valence-electron chi connectivity index (χ2n) is 10.9. The summed E-state index contributed by atoms with van der Waals surface area (Å²) in [5.74, 6) is 0. The smallest absolute Gasteiger partial charge is 0.0462 e. The fourth-order valence-corrected chi connectivity index (χ4v) is 6.31. The molecule has 0 spiro atoms. The van der Waals surface area contributed by atoms with Crippen LogP contribution < -0.4 is 0 Å². The van der Waals surface area contributed by atoms with Crippen LogP contribution in [-0.2, 0) is 25.7 Å². The molecule has 0 bridgehead atoms. The molecule has 0 fully saturated rings. The van der Waals surface area contributed by atoms with Gasteiger partial charge in [0.2, 0.25) is 0 Å². The van der Waals surface area contributed by atoms with Crippen molar-refractivity contribution in [1.29, 1.82) is 0 Å². The molecular weight excluding hydrogens is 460 g/mol. The molecule has 2 nitrogen and oxygen atoms in total. The van der Waals surface area contributed by atoms with Crippen molar-refractivity contribution in [3.63, 3.8) is 0 Å². The Balaban J connectivity index is 1.04. The first-order valence-corrected chi connectivity index (χ1v) is 14.2. The lowest BCUT2D eigenvalue weighted by Gasteiger charge is -2.25. The molecule has 0 atom stereocenters. The molecule has 2 N–H and O–H groups in total. The maximum absolute atomic E-state index is 3.70. The molecule has 0 aliphatic heterocycles. The summed E-state index contributed by atoms with van der Waals surface area (Å²) in [5, 5.41) is 2.76. The third-order valence-electron chi connectivity index (χ3n) is 8.27. The van der Waals surface area contributed by atoms with Crippen molar-refractivity contribution in [2.24, 2.45) is 0 Å². The van der Waals surface area contributed by atoms with Crippen LogP contribution in [0.2, 0.25) is 0 Å². The molecule has 0 unspecified atom stereocenters. The van der Waals surface area contributed by atoms with Gasteiger partial charge in [-0.3, -0.25) is 0 Å². The maximum Gasteiger partial charge on any atom is 0.0462 e. The highest BCUT2D eigenvalue weighted by Gasteiger charge is 2.28. The largest absolute Gasteiger partial charge is 0.358 e. The first-order valence-electron chi connectivity index (χ1n) is 14.2. The van der Waals surface area contributed by atoms with E-state index in [9.17, 15) is 0 Å². The number of nitrogens with one attached hydrogen (secondary N) is 2. The van der Waals surface area contributed by atoms with E-state index in [1.807, 2.05) is 0 Å². The summed E-state index contributed by atoms with van der Waals surface area (Å²) in [5.41, 5.74) is 13.8. The Morgan fingerprint density at radius 1 is 0.421 bits per heavy atom. The van der Waals surface area contributed by atoms with E-state index in [4.69, 9.17) is 0 Å². The van der Waals surface area contributed by atoms with Crippen molar-refractivity contribution in [1.82, 2.24) is 9.97 Å². The summed E-state index contributed by atoms with van der Waals surface area (Å²) >= 11 is 0. The molecule has 188 valence electrons. The highest BCUT2D eigenvalue weighted by Crippen LogP contribution is 2.53. The van der Waals surface area contributed by atoms with Gasteiger partial charge in [-0.2, -0.15) is 0 Å². The molecule has 6 aromatic rings. The Kier molecular flexibility index (Phi) is 6.09. The monoisotopic (exact) mass is 494 g/mol. The quantitative estimate of drug-likeness (QED) is 0.177. The van der Waals surface area contributed by atoms with Crippen LogP contribution in [0.4, 0.5) is 0 Å². The van der Waals surface area contributed by atoms with Crippen molar-refractivity contribution >= 4 is 21.8 Å². The number of aryl methyl sites for hydroxylation is 4. The lowest BCUT2D eigenvalue weighted by atomic mass is 9.77. The van der Waals surface area contributed by atoms with Crippen molar-refractivity contribution in [2.45, 2.75) is 51.4 Å². The fraction of sp³-hybridized carbons (Fsp3) is 0.222. The Hall–Kier alpha value is -4.04. The van der Waals surface area contributed by atoms with E-state index in [0.717, 1.165) is 25.7 Å². The summed E-state index contributed by atoms with van der Waals surface area (Å²) < 4.78 is 0. The van der Waals surface area contributed by atoms with Gasteiger partial charge in [0.05, 0.1) is 0 Å². The predicted octanol–water partition coefficient (Wildman–Crippen LogP) is 9.43. The first kappa shape index (κ1) is 23.1. The highest BCUT2D eigenvalue weighted by molar-refractivity contribution is 6.21. The van der Waals surface area contributed by atoms with Crippen LogP contribution in [0.5, 0.6) is 0 Å². The first-order chi connectivity index (χ1) is 18.8. The van der Waals surface area contributed by atoms with Crippen LogP contribution in [-0.4, -0.2) is 9.97 Å². The van der Waals surface area contributed by atoms with Crippen molar-refractivity contribution in [2.75, 3.05) is 0 Å². The summed E-state index contributed by atoms with van der Waals surface area (Å²) in [6.45, 7) is 0. The average molecular weight is 495 g/mol. The lowest BCUT2D eigenvalue weighted by Crippen LogP contribution is -1.99. The van der Waals surface area contributed by atoms with Gasteiger partial charge in [0.1, 0.15) is 0 Å². The Morgan fingerprint density at radius 3 is 1.29 bits per heavy atom. The predicted molar refractivity (Wildman–Crippen MR) is 161 cm³/mol. The zero-order valence-electron chi connectivity index (χ0n) is 21.9. The van der Waals surface area contributed by atoms with Crippen molar-refractivity contribution < 1.29 is 0 Å². The zero-order valence-corrected chi connectivity index (χ0v) is 21.9. The van der Waals surface area contributed by atoms with E-state index >= 15 is 0 Å². The van der Waals surface area contributed by atoms with E-state index in [0.29, 0.717) is 0 Å². The molecule has 0 radical (unpaired) electrons. The lowest BCUT2D eigenvalue weighted by molar-refractivity contribution is 0.726. The highest BCUT2D eigenvalue weighted by atomic mass is 14.7. The number of hydrogen-bond donors (Lipinski definition) is 2. The van der Waals surface area contributed by atoms with Gasteiger partial charge in [0, 0.05) is 33.2 Å². The standard InChI is InChI=1S/C36H34N2/c1-3-11-25(12-4-1)15-7-9-17-27-23-31-33(37-27)21-19-29-35(31)30-20-22-34-32(36(29)30)24-28(38-34)18-10-8-16-26-13-5-2-6-14-26/h1-6,11-14,19-24,37-38H,7-10,15-18H2. The minimum absolute atomic E-state index is 1.10. The number of hydrogen-bond acceptors (Lipinski definition) is 0. The molecule has 0 saturated carbocycles.